The smallest absolute Gasteiger partial charge is 0.221 e. The molecule has 0 saturated heterocycles. The fourth-order valence-corrected chi connectivity index (χ4v) is 3.82. The molecule has 0 spiro atoms. The van der Waals surface area contributed by atoms with E-state index < -0.39 is 9.84 Å². The summed E-state index contributed by atoms with van der Waals surface area (Å²) in [5.41, 5.74) is 2.74. The molecule has 0 unspecified atom stereocenters. The molecule has 2 aromatic carbocycles. The minimum Gasteiger partial charge on any atom is -0.388 e. The predicted molar refractivity (Wildman–Crippen MR) is 116 cm³/mol. The van der Waals surface area contributed by atoms with Crippen molar-refractivity contribution < 1.29 is 32.0 Å². The first kappa shape index (κ1) is 24.7. The molecule has 0 aliphatic rings. The normalized spacial score (nSPS) is 11.6. The van der Waals surface area contributed by atoms with Crippen LogP contribution in [0, 0.1) is 6.92 Å². The van der Waals surface area contributed by atoms with Crippen LogP contribution in [0.4, 0.5) is 22.7 Å². The van der Waals surface area contributed by atoms with Crippen LogP contribution in [0.3, 0.4) is 0 Å². The van der Waals surface area contributed by atoms with Crippen molar-refractivity contribution in [2.45, 2.75) is 18.7 Å². The van der Waals surface area contributed by atoms with E-state index in [0.29, 0.717) is 29.4 Å². The van der Waals surface area contributed by atoms with Crippen LogP contribution in [0.5, 0.6) is 0 Å². The molecule has 0 aliphatic carbocycles. The van der Waals surface area contributed by atoms with Gasteiger partial charge in [0.15, 0.2) is 22.2 Å². The zero-order valence-corrected chi connectivity index (χ0v) is 18.6. The summed E-state index contributed by atoms with van der Waals surface area (Å²) in [6.07, 6.45) is 0. The van der Waals surface area contributed by atoms with Crippen LogP contribution in [0.1, 0.15) is 12.5 Å². The lowest BCUT2D eigenvalue weighted by atomic mass is 10.2. The Morgan fingerprint density at radius 3 is 2.58 bits per heavy atom. The zero-order chi connectivity index (χ0) is 22.9. The summed E-state index contributed by atoms with van der Waals surface area (Å²) >= 11 is 0.304. The third-order valence-corrected chi connectivity index (χ3v) is 6.00. The number of nitrogens with one attached hydrogen (secondary N) is 2. The van der Waals surface area contributed by atoms with Gasteiger partial charge in [0.1, 0.15) is 5.69 Å². The number of rotatable bonds is 11. The Morgan fingerprint density at radius 1 is 1.16 bits per heavy atom. The number of sulfone groups is 1. The number of carbonyl (C=O) groups is 1. The Balaban J connectivity index is 2.24. The fourth-order valence-electron chi connectivity index (χ4n) is 2.39. The molecule has 13 heteroatoms. The molecule has 0 heterocycles. The molecule has 3 N–H and O–H groups in total. The van der Waals surface area contributed by atoms with Gasteiger partial charge in [0.25, 0.3) is 0 Å². The number of benzene rings is 2. The standard InChI is InChI=1S/C18H22N4O7S2/c1-12-4-6-15(31(25,26)9-8-27-30-29-28-24)11-17(12)22-21-16-7-5-14(19-3)10-18(16)20-13(2)23/h4-7,10-11,19,24H,8-9H2,1-3H3,(H,20,23). The van der Waals surface area contributed by atoms with Crippen molar-refractivity contribution in [2.75, 3.05) is 30.0 Å². The first-order valence-electron chi connectivity index (χ1n) is 8.87. The highest BCUT2D eigenvalue weighted by Gasteiger charge is 2.16. The lowest BCUT2D eigenvalue weighted by molar-refractivity contribution is -0.434. The first-order valence-corrected chi connectivity index (χ1v) is 11.2. The van der Waals surface area contributed by atoms with Gasteiger partial charge in [0.2, 0.25) is 5.91 Å². The van der Waals surface area contributed by atoms with Crippen molar-refractivity contribution in [3.05, 3.63) is 42.0 Å². The van der Waals surface area contributed by atoms with E-state index in [1.54, 1.807) is 38.2 Å². The van der Waals surface area contributed by atoms with Gasteiger partial charge in [-0.25, -0.2) is 13.7 Å². The number of hydrogen-bond acceptors (Lipinski definition) is 11. The second-order valence-corrected chi connectivity index (χ2v) is 8.78. The molecule has 11 nitrogen and oxygen atoms in total. The number of amides is 1. The maximum absolute atomic E-state index is 12.5. The van der Waals surface area contributed by atoms with E-state index in [0.717, 1.165) is 11.3 Å². The van der Waals surface area contributed by atoms with E-state index in [1.165, 1.54) is 19.1 Å². The van der Waals surface area contributed by atoms with Crippen molar-refractivity contribution in [3.63, 3.8) is 0 Å². The maximum Gasteiger partial charge on any atom is 0.221 e. The third kappa shape index (κ3) is 7.57. The summed E-state index contributed by atoms with van der Waals surface area (Å²) in [5, 5.41) is 25.4. The number of anilines is 2. The van der Waals surface area contributed by atoms with Gasteiger partial charge in [-0.1, -0.05) is 11.1 Å². The van der Waals surface area contributed by atoms with Crippen LogP contribution in [0.2, 0.25) is 0 Å². The topological polar surface area (TPSA) is 148 Å². The van der Waals surface area contributed by atoms with E-state index in [4.69, 9.17) is 9.44 Å². The molecule has 0 fully saturated rings. The summed E-state index contributed by atoms with van der Waals surface area (Å²) in [4.78, 5) is 11.5. The molecular weight excluding hydrogens is 448 g/mol. The molecule has 168 valence electrons. The van der Waals surface area contributed by atoms with Crippen molar-refractivity contribution in [1.82, 2.24) is 0 Å². The molecule has 0 aromatic heterocycles. The molecule has 2 aromatic rings. The first-order chi connectivity index (χ1) is 14.8. The van der Waals surface area contributed by atoms with Crippen molar-refractivity contribution in [1.29, 1.82) is 0 Å². The third-order valence-electron chi connectivity index (χ3n) is 3.94. The summed E-state index contributed by atoms with van der Waals surface area (Å²) in [5.74, 6) is -0.586. The summed E-state index contributed by atoms with van der Waals surface area (Å²) in [6.45, 7) is 2.96. The summed E-state index contributed by atoms with van der Waals surface area (Å²) in [7, 11) is -1.92. The van der Waals surface area contributed by atoms with Gasteiger partial charge in [-0.05, 0) is 42.8 Å². The fraction of sp³-hybridized carbons (Fsp3) is 0.278. The quantitative estimate of drug-likeness (QED) is 0.144. The highest BCUT2D eigenvalue weighted by Crippen LogP contribution is 2.31. The lowest BCUT2D eigenvalue weighted by Crippen LogP contribution is -2.11. The van der Waals surface area contributed by atoms with Crippen LogP contribution in [0.25, 0.3) is 0 Å². The minimum atomic E-state index is -3.67. The Kier molecular flexibility index (Phi) is 9.36. The Hall–Kier alpha value is -2.55. The Labute approximate surface area is 184 Å². The maximum atomic E-state index is 12.5. The highest BCUT2D eigenvalue weighted by atomic mass is 32.2. The molecule has 0 aliphatic heterocycles. The number of aryl methyl sites for hydroxylation is 1. The predicted octanol–water partition coefficient (Wildman–Crippen LogP) is 4.19. The highest BCUT2D eigenvalue weighted by molar-refractivity contribution is 7.91. The molecule has 0 saturated carbocycles. The average molecular weight is 471 g/mol. The van der Waals surface area contributed by atoms with Crippen LogP contribution in [-0.4, -0.2) is 39.0 Å². The van der Waals surface area contributed by atoms with Crippen LogP contribution >= 0.6 is 12.3 Å². The second-order valence-electron chi connectivity index (χ2n) is 6.16. The van der Waals surface area contributed by atoms with Crippen LogP contribution < -0.4 is 10.6 Å². The molecule has 31 heavy (non-hydrogen) atoms. The summed E-state index contributed by atoms with van der Waals surface area (Å²) < 4.78 is 33.8. The van der Waals surface area contributed by atoms with Gasteiger partial charge >= 0.3 is 0 Å². The molecule has 0 bridgehead atoms. The second kappa shape index (κ2) is 11.7. The number of carbonyl (C=O) groups excluding carboxylic acids is 1. The van der Waals surface area contributed by atoms with E-state index in [9.17, 15) is 13.2 Å². The SMILES string of the molecule is CNc1ccc(N=Nc2cc(S(=O)(=O)CCOSOOO)ccc2C)c(NC(C)=O)c1. The number of azo groups is 1. The average Bonchev–Trinajstić information content (AvgIpc) is 2.73. The molecular formula is C18H22N4O7S2. The van der Waals surface area contributed by atoms with Gasteiger partial charge in [-0.3, -0.25) is 8.98 Å². The van der Waals surface area contributed by atoms with Gasteiger partial charge in [0, 0.05) is 19.7 Å². The van der Waals surface area contributed by atoms with E-state index in [1.807, 2.05) is 0 Å². The molecule has 1 amide bonds. The largest absolute Gasteiger partial charge is 0.388 e. The zero-order valence-electron chi connectivity index (χ0n) is 17.0. The molecule has 2 rings (SSSR count). The lowest BCUT2D eigenvalue weighted by Gasteiger charge is -2.09. The minimum absolute atomic E-state index is 0.0487. The monoisotopic (exact) mass is 470 g/mol. The number of hydrogen-bond donors (Lipinski definition) is 3. The molecule has 0 radical (unpaired) electrons. The summed E-state index contributed by atoms with van der Waals surface area (Å²) in [6, 6.07) is 9.68. The van der Waals surface area contributed by atoms with E-state index in [2.05, 4.69) is 30.2 Å². The van der Waals surface area contributed by atoms with Crippen molar-refractivity contribution in [3.8, 4) is 0 Å². The Morgan fingerprint density at radius 2 is 1.90 bits per heavy atom. The van der Waals surface area contributed by atoms with Crippen LogP contribution in [-0.2, 0) is 28.2 Å². The molecule has 0 atom stereocenters. The number of nitrogens with zero attached hydrogens (tertiary/aromatic N) is 2. The van der Waals surface area contributed by atoms with Gasteiger partial charge in [0.05, 0.1) is 28.6 Å². The van der Waals surface area contributed by atoms with Gasteiger partial charge in [-0.15, -0.1) is 9.45 Å². The van der Waals surface area contributed by atoms with Gasteiger partial charge in [-0.2, -0.15) is 5.11 Å². The van der Waals surface area contributed by atoms with Gasteiger partial charge < -0.3 is 10.6 Å². The van der Waals surface area contributed by atoms with E-state index in [-0.39, 0.29) is 23.2 Å². The van der Waals surface area contributed by atoms with E-state index >= 15 is 0 Å². The van der Waals surface area contributed by atoms with Crippen molar-refractivity contribution in [2.24, 2.45) is 10.2 Å². The van der Waals surface area contributed by atoms with Crippen molar-refractivity contribution >= 4 is 50.8 Å². The Bertz CT molecular complexity index is 1050. The van der Waals surface area contributed by atoms with Crippen LogP contribution in [0.15, 0.2) is 51.5 Å².